The van der Waals surface area contributed by atoms with Gasteiger partial charge in [-0.05, 0) is 0 Å². The van der Waals surface area contributed by atoms with Crippen molar-refractivity contribution in [1.29, 1.82) is 0 Å². The smallest absolute Gasteiger partial charge is 0.397 e. The molecule has 0 saturated heterocycles. The zero-order valence-corrected chi connectivity index (χ0v) is 11.7. The largest absolute Gasteiger partial charge is 0.445 e. The molecule has 1 amide bonds. The molecule has 0 N–H and O–H groups in total. The summed E-state index contributed by atoms with van der Waals surface area (Å²) in [5, 5.41) is 0. The SMILES string of the molecule is CC(C)(C)c1nc2c(o1)CCN(C(=O)CC(F)(F)F)C2. The third-order valence-electron chi connectivity index (χ3n) is 3.07. The molecular weight excluding hydrogens is 273 g/mol. The molecule has 0 saturated carbocycles. The summed E-state index contributed by atoms with van der Waals surface area (Å²) in [5.74, 6) is 0.307. The number of nitrogens with zero attached hydrogens (tertiary/aromatic N) is 2. The first-order valence-electron chi connectivity index (χ1n) is 6.40. The summed E-state index contributed by atoms with van der Waals surface area (Å²) < 4.78 is 42.3. The molecule has 1 aliphatic rings. The lowest BCUT2D eigenvalue weighted by molar-refractivity contribution is -0.162. The lowest BCUT2D eigenvalue weighted by Gasteiger charge is -2.25. The van der Waals surface area contributed by atoms with Gasteiger partial charge < -0.3 is 9.32 Å². The minimum Gasteiger partial charge on any atom is -0.445 e. The van der Waals surface area contributed by atoms with Crippen LogP contribution in [0.2, 0.25) is 0 Å². The van der Waals surface area contributed by atoms with Crippen molar-refractivity contribution in [2.45, 2.75) is 51.7 Å². The van der Waals surface area contributed by atoms with Crippen molar-refractivity contribution in [3.8, 4) is 0 Å². The lowest BCUT2D eigenvalue weighted by atomic mass is 9.97. The summed E-state index contributed by atoms with van der Waals surface area (Å²) in [6.07, 6.45) is -5.49. The van der Waals surface area contributed by atoms with Crippen molar-refractivity contribution in [3.63, 3.8) is 0 Å². The van der Waals surface area contributed by atoms with Crippen LogP contribution in [0.5, 0.6) is 0 Å². The Kier molecular flexibility index (Phi) is 3.56. The van der Waals surface area contributed by atoms with Crippen LogP contribution < -0.4 is 0 Å². The summed E-state index contributed by atoms with van der Waals surface area (Å²) in [6, 6.07) is 0. The van der Waals surface area contributed by atoms with Gasteiger partial charge in [0.1, 0.15) is 17.9 Å². The molecule has 0 bridgehead atoms. The van der Waals surface area contributed by atoms with Gasteiger partial charge in [0, 0.05) is 18.4 Å². The number of hydrogen-bond donors (Lipinski definition) is 0. The molecular formula is C13H17F3N2O2. The predicted octanol–water partition coefficient (Wildman–Crippen LogP) is 2.81. The van der Waals surface area contributed by atoms with Crippen LogP contribution in [0, 0.1) is 0 Å². The molecule has 0 fully saturated rings. The van der Waals surface area contributed by atoms with Crippen LogP contribution in [-0.4, -0.2) is 28.5 Å². The molecule has 4 nitrogen and oxygen atoms in total. The zero-order chi connectivity index (χ0) is 15.1. The summed E-state index contributed by atoms with van der Waals surface area (Å²) in [4.78, 5) is 17.1. The standard InChI is InChI=1S/C13H17F3N2O2/c1-12(2,3)11-17-8-7-18(5-4-9(8)20-11)10(19)6-13(14,15)16/h4-7H2,1-3H3. The number of carbonyl (C=O) groups excluding carboxylic acids is 1. The molecule has 0 aliphatic carbocycles. The van der Waals surface area contributed by atoms with E-state index < -0.39 is 18.5 Å². The Labute approximate surface area is 115 Å². The normalized spacial score (nSPS) is 16.2. The van der Waals surface area contributed by atoms with Crippen LogP contribution in [0.25, 0.3) is 0 Å². The summed E-state index contributed by atoms with van der Waals surface area (Å²) in [7, 11) is 0. The second-order valence-corrected chi connectivity index (χ2v) is 6.00. The average molecular weight is 290 g/mol. The van der Waals surface area contributed by atoms with Crippen molar-refractivity contribution in [2.75, 3.05) is 6.54 Å². The van der Waals surface area contributed by atoms with Crippen LogP contribution >= 0.6 is 0 Å². The van der Waals surface area contributed by atoms with Gasteiger partial charge in [0.05, 0.1) is 6.54 Å². The van der Waals surface area contributed by atoms with E-state index in [1.165, 1.54) is 4.90 Å². The highest BCUT2D eigenvalue weighted by atomic mass is 19.4. The van der Waals surface area contributed by atoms with Crippen molar-refractivity contribution in [2.24, 2.45) is 0 Å². The molecule has 0 unspecified atom stereocenters. The first-order valence-corrected chi connectivity index (χ1v) is 6.40. The Morgan fingerprint density at radius 2 is 2.00 bits per heavy atom. The second kappa shape index (κ2) is 4.79. The van der Waals surface area contributed by atoms with E-state index in [1.54, 1.807) is 0 Å². The molecule has 0 spiro atoms. The fourth-order valence-electron chi connectivity index (χ4n) is 2.02. The molecule has 1 aliphatic heterocycles. The van der Waals surface area contributed by atoms with Crippen molar-refractivity contribution in [1.82, 2.24) is 9.88 Å². The zero-order valence-electron chi connectivity index (χ0n) is 11.7. The van der Waals surface area contributed by atoms with Gasteiger partial charge in [-0.25, -0.2) is 4.98 Å². The Morgan fingerprint density at radius 1 is 1.35 bits per heavy atom. The highest BCUT2D eigenvalue weighted by Crippen LogP contribution is 2.28. The molecule has 2 rings (SSSR count). The fourth-order valence-corrected chi connectivity index (χ4v) is 2.02. The first kappa shape index (κ1) is 14.9. The number of carbonyl (C=O) groups is 1. The number of rotatable bonds is 1. The highest BCUT2D eigenvalue weighted by Gasteiger charge is 2.35. The second-order valence-electron chi connectivity index (χ2n) is 6.00. The lowest BCUT2D eigenvalue weighted by Crippen LogP contribution is -2.38. The van der Waals surface area contributed by atoms with Gasteiger partial charge >= 0.3 is 6.18 Å². The number of aromatic nitrogens is 1. The molecule has 0 aromatic carbocycles. The maximum atomic E-state index is 12.2. The van der Waals surface area contributed by atoms with Crippen LogP contribution in [0.1, 0.15) is 44.5 Å². The van der Waals surface area contributed by atoms with Gasteiger partial charge in [0.15, 0.2) is 5.89 Å². The summed E-state index contributed by atoms with van der Waals surface area (Å²) >= 11 is 0. The van der Waals surface area contributed by atoms with Crippen LogP contribution in [0.4, 0.5) is 13.2 Å². The third kappa shape index (κ3) is 3.32. The average Bonchev–Trinajstić information content (AvgIpc) is 2.68. The van der Waals surface area contributed by atoms with E-state index in [-0.39, 0.29) is 18.5 Å². The molecule has 1 aromatic heterocycles. The Balaban J connectivity index is 2.11. The number of amides is 1. The van der Waals surface area contributed by atoms with Crippen LogP contribution in [-0.2, 0) is 23.2 Å². The minimum absolute atomic E-state index is 0.0871. The van der Waals surface area contributed by atoms with E-state index in [0.29, 0.717) is 23.8 Å². The maximum Gasteiger partial charge on any atom is 0.397 e. The topological polar surface area (TPSA) is 46.3 Å². The van der Waals surface area contributed by atoms with Gasteiger partial charge in [0.25, 0.3) is 0 Å². The number of halogens is 3. The monoisotopic (exact) mass is 290 g/mol. The molecule has 20 heavy (non-hydrogen) atoms. The maximum absolute atomic E-state index is 12.2. The molecule has 2 heterocycles. The quantitative estimate of drug-likeness (QED) is 0.799. The van der Waals surface area contributed by atoms with Crippen molar-refractivity contribution < 1.29 is 22.4 Å². The number of alkyl halides is 3. The molecule has 7 heteroatoms. The van der Waals surface area contributed by atoms with E-state index in [2.05, 4.69) is 4.98 Å². The Hall–Kier alpha value is -1.53. The van der Waals surface area contributed by atoms with Gasteiger partial charge in [-0.3, -0.25) is 4.79 Å². The molecule has 0 radical (unpaired) electrons. The third-order valence-corrected chi connectivity index (χ3v) is 3.07. The predicted molar refractivity (Wildman–Crippen MR) is 65.0 cm³/mol. The Morgan fingerprint density at radius 3 is 2.55 bits per heavy atom. The van der Waals surface area contributed by atoms with Crippen molar-refractivity contribution >= 4 is 5.91 Å². The van der Waals surface area contributed by atoms with E-state index in [4.69, 9.17) is 4.42 Å². The van der Waals surface area contributed by atoms with Crippen LogP contribution in [0.15, 0.2) is 4.42 Å². The molecule has 1 aromatic rings. The van der Waals surface area contributed by atoms with E-state index in [1.807, 2.05) is 20.8 Å². The van der Waals surface area contributed by atoms with Gasteiger partial charge in [-0.15, -0.1) is 0 Å². The van der Waals surface area contributed by atoms with Gasteiger partial charge in [-0.1, -0.05) is 20.8 Å². The fraction of sp³-hybridized carbons (Fsp3) is 0.692. The van der Waals surface area contributed by atoms with Crippen LogP contribution in [0.3, 0.4) is 0 Å². The van der Waals surface area contributed by atoms with Gasteiger partial charge in [-0.2, -0.15) is 13.2 Å². The van der Waals surface area contributed by atoms with E-state index in [0.717, 1.165) is 0 Å². The summed E-state index contributed by atoms with van der Waals surface area (Å²) in [5.41, 5.74) is 0.301. The Bertz CT molecular complexity index is 515. The molecule has 112 valence electrons. The van der Waals surface area contributed by atoms with E-state index >= 15 is 0 Å². The summed E-state index contributed by atoms with van der Waals surface area (Å²) in [6.45, 7) is 6.15. The number of fused-ring (bicyclic) bond motifs is 1. The van der Waals surface area contributed by atoms with Gasteiger partial charge in [0.2, 0.25) is 5.91 Å². The number of oxazole rings is 1. The highest BCUT2D eigenvalue weighted by molar-refractivity contribution is 5.77. The first-order chi connectivity index (χ1) is 9.06. The number of hydrogen-bond acceptors (Lipinski definition) is 3. The molecule has 0 atom stereocenters. The van der Waals surface area contributed by atoms with Crippen molar-refractivity contribution in [3.05, 3.63) is 17.3 Å². The van der Waals surface area contributed by atoms with E-state index in [9.17, 15) is 18.0 Å². The minimum atomic E-state index is -4.47.